The molecular weight excluding hydrogens is 700 g/mol. The molecule has 0 saturated carbocycles. The second-order valence-electron chi connectivity index (χ2n) is 11.2. The lowest BCUT2D eigenvalue weighted by Gasteiger charge is -2.34. The number of nitrogens with one attached hydrogen (secondary N) is 1. The number of halogens is 4. The first-order chi connectivity index (χ1) is 22.3. The highest BCUT2D eigenvalue weighted by Crippen LogP contribution is 2.34. The zero-order valence-electron chi connectivity index (χ0n) is 26.1. The molecule has 0 fully saturated rings. The molecule has 0 unspecified atom stereocenters. The van der Waals surface area contributed by atoms with E-state index in [1.54, 1.807) is 30.3 Å². The Labute approximate surface area is 296 Å². The molecule has 2 amide bonds. The van der Waals surface area contributed by atoms with Crippen LogP contribution in [0.4, 0.5) is 5.69 Å². The van der Waals surface area contributed by atoms with Gasteiger partial charge in [0, 0.05) is 34.1 Å². The van der Waals surface area contributed by atoms with Crippen molar-refractivity contribution in [2.24, 2.45) is 0 Å². The summed E-state index contributed by atoms with van der Waals surface area (Å²) in [6, 6.07) is 23.5. The molecule has 0 aliphatic heterocycles. The summed E-state index contributed by atoms with van der Waals surface area (Å²) < 4.78 is 29.4. The minimum absolute atomic E-state index is 0.0150. The van der Waals surface area contributed by atoms with Crippen LogP contribution in [-0.2, 0) is 32.6 Å². The van der Waals surface area contributed by atoms with Crippen LogP contribution in [0.3, 0.4) is 0 Å². The minimum atomic E-state index is -4.35. The van der Waals surface area contributed by atoms with E-state index in [1.165, 1.54) is 35.2 Å². The van der Waals surface area contributed by atoms with E-state index in [9.17, 15) is 18.0 Å². The predicted octanol–water partition coefficient (Wildman–Crippen LogP) is 8.36. The van der Waals surface area contributed by atoms with Crippen LogP contribution in [0.5, 0.6) is 0 Å². The molecule has 4 aromatic rings. The zero-order valence-corrected chi connectivity index (χ0v) is 29.9. The number of benzene rings is 4. The standard InChI is InChI=1S/C35H35Cl4N3O4S/c1-4-24(3)40-35(44)33(18-25-8-6-5-7-9-25)41(21-26-12-13-27(36)19-31(26)39)34(43)22-42(32-20-28(37)14-17-30(32)38)47(45,46)29-15-10-23(2)11-16-29/h5-17,19-20,24,33H,4,18,21-22H2,1-3H3,(H,40,44)/t24-,33+/m0/s1. The van der Waals surface area contributed by atoms with Crippen molar-refractivity contribution in [1.29, 1.82) is 0 Å². The summed E-state index contributed by atoms with van der Waals surface area (Å²) in [6.07, 6.45) is 0.819. The van der Waals surface area contributed by atoms with Crippen LogP contribution in [0.15, 0.2) is 95.9 Å². The van der Waals surface area contributed by atoms with Gasteiger partial charge in [0.05, 0.1) is 15.6 Å². The molecule has 0 aliphatic rings. The Morgan fingerprint density at radius 1 is 0.830 bits per heavy atom. The summed E-state index contributed by atoms with van der Waals surface area (Å²) in [5, 5.41) is 3.98. The Morgan fingerprint density at radius 2 is 1.47 bits per heavy atom. The Hall–Kier alpha value is -3.27. The number of carbonyl (C=O) groups is 2. The lowest BCUT2D eigenvalue weighted by atomic mass is 10.0. The molecule has 2 atom stereocenters. The summed E-state index contributed by atoms with van der Waals surface area (Å²) in [7, 11) is -4.35. The van der Waals surface area contributed by atoms with Crippen LogP contribution in [0.1, 0.15) is 37.0 Å². The van der Waals surface area contributed by atoms with Crippen molar-refractivity contribution < 1.29 is 18.0 Å². The first-order valence-corrected chi connectivity index (χ1v) is 17.9. The zero-order chi connectivity index (χ0) is 34.3. The van der Waals surface area contributed by atoms with Crippen molar-refractivity contribution in [3.63, 3.8) is 0 Å². The first-order valence-electron chi connectivity index (χ1n) is 14.9. The number of rotatable bonds is 13. The minimum Gasteiger partial charge on any atom is -0.352 e. The number of nitrogens with zero attached hydrogens (tertiary/aromatic N) is 2. The van der Waals surface area contributed by atoms with Gasteiger partial charge in [-0.1, -0.05) is 107 Å². The normalized spacial score (nSPS) is 12.7. The van der Waals surface area contributed by atoms with Crippen LogP contribution in [0.2, 0.25) is 20.1 Å². The second kappa shape index (κ2) is 16.2. The summed E-state index contributed by atoms with van der Waals surface area (Å²) in [5.74, 6) is -1.06. The van der Waals surface area contributed by atoms with Gasteiger partial charge in [0.25, 0.3) is 10.0 Å². The SMILES string of the molecule is CC[C@H](C)NC(=O)[C@@H](Cc1ccccc1)N(Cc1ccc(Cl)cc1Cl)C(=O)CN(c1cc(Cl)ccc1Cl)S(=O)(=O)c1ccc(C)cc1. The van der Waals surface area contributed by atoms with E-state index in [1.807, 2.05) is 51.1 Å². The lowest BCUT2D eigenvalue weighted by Crippen LogP contribution is -2.54. The van der Waals surface area contributed by atoms with Crippen LogP contribution in [0.25, 0.3) is 0 Å². The van der Waals surface area contributed by atoms with E-state index in [4.69, 9.17) is 46.4 Å². The quantitative estimate of drug-likeness (QED) is 0.150. The average molecular weight is 736 g/mol. The van der Waals surface area contributed by atoms with Crippen LogP contribution < -0.4 is 9.62 Å². The molecule has 0 aromatic heterocycles. The first kappa shape index (κ1) is 36.6. The molecule has 248 valence electrons. The lowest BCUT2D eigenvalue weighted by molar-refractivity contribution is -0.140. The smallest absolute Gasteiger partial charge is 0.264 e. The average Bonchev–Trinajstić information content (AvgIpc) is 3.04. The number of carbonyl (C=O) groups excluding carboxylic acids is 2. The third-order valence-electron chi connectivity index (χ3n) is 7.69. The second-order valence-corrected chi connectivity index (χ2v) is 14.8. The molecule has 1 N–H and O–H groups in total. The van der Waals surface area contributed by atoms with Gasteiger partial charge in [-0.15, -0.1) is 0 Å². The Balaban J connectivity index is 1.86. The number of hydrogen-bond acceptors (Lipinski definition) is 4. The predicted molar refractivity (Wildman–Crippen MR) is 191 cm³/mol. The third-order valence-corrected chi connectivity index (χ3v) is 10.6. The number of anilines is 1. The molecular formula is C35H35Cl4N3O4S. The molecule has 4 aromatic carbocycles. The van der Waals surface area contributed by atoms with Gasteiger partial charge in [-0.25, -0.2) is 8.42 Å². The molecule has 0 aliphatic carbocycles. The van der Waals surface area contributed by atoms with E-state index in [0.717, 1.165) is 15.4 Å². The highest BCUT2D eigenvalue weighted by atomic mass is 35.5. The molecule has 7 nitrogen and oxygen atoms in total. The van der Waals surface area contributed by atoms with Crippen molar-refractivity contribution >= 4 is 73.9 Å². The fraction of sp³-hybridized carbons (Fsp3) is 0.257. The molecule has 4 rings (SSSR count). The molecule has 0 bridgehead atoms. The van der Waals surface area contributed by atoms with Gasteiger partial charge in [0.15, 0.2) is 0 Å². The summed E-state index contributed by atoms with van der Waals surface area (Å²) in [6.45, 7) is 4.85. The van der Waals surface area contributed by atoms with Gasteiger partial charge in [-0.3, -0.25) is 13.9 Å². The number of hydrogen-bond donors (Lipinski definition) is 1. The van der Waals surface area contributed by atoms with E-state index in [-0.39, 0.29) is 44.7 Å². The van der Waals surface area contributed by atoms with Gasteiger partial charge >= 0.3 is 0 Å². The summed E-state index contributed by atoms with van der Waals surface area (Å²) in [4.78, 5) is 29.9. The number of amides is 2. The largest absolute Gasteiger partial charge is 0.352 e. The van der Waals surface area contributed by atoms with Gasteiger partial charge in [0.2, 0.25) is 11.8 Å². The number of sulfonamides is 1. The highest BCUT2D eigenvalue weighted by Gasteiger charge is 2.36. The van der Waals surface area contributed by atoms with E-state index >= 15 is 0 Å². The Morgan fingerprint density at radius 3 is 2.11 bits per heavy atom. The molecule has 47 heavy (non-hydrogen) atoms. The van der Waals surface area contributed by atoms with Crippen LogP contribution in [0, 0.1) is 6.92 Å². The van der Waals surface area contributed by atoms with Gasteiger partial charge in [-0.2, -0.15) is 0 Å². The summed E-state index contributed by atoms with van der Waals surface area (Å²) in [5.41, 5.74) is 2.20. The Bertz CT molecular complexity index is 1820. The van der Waals surface area contributed by atoms with Crippen LogP contribution in [-0.4, -0.2) is 43.8 Å². The van der Waals surface area contributed by atoms with Crippen molar-refractivity contribution in [3.05, 3.63) is 128 Å². The fourth-order valence-electron chi connectivity index (χ4n) is 4.86. The number of aryl methyl sites for hydroxylation is 1. The van der Waals surface area contributed by atoms with Crippen molar-refractivity contribution in [3.8, 4) is 0 Å². The van der Waals surface area contributed by atoms with E-state index in [2.05, 4.69) is 5.32 Å². The molecule has 0 spiro atoms. The molecule has 12 heteroatoms. The topological polar surface area (TPSA) is 86.8 Å². The van der Waals surface area contributed by atoms with E-state index in [0.29, 0.717) is 17.0 Å². The molecule has 0 radical (unpaired) electrons. The third kappa shape index (κ3) is 9.42. The monoisotopic (exact) mass is 733 g/mol. The van der Waals surface area contributed by atoms with E-state index < -0.39 is 34.4 Å². The van der Waals surface area contributed by atoms with Crippen molar-refractivity contribution in [2.45, 2.75) is 57.1 Å². The highest BCUT2D eigenvalue weighted by molar-refractivity contribution is 7.92. The van der Waals surface area contributed by atoms with Gasteiger partial charge in [0.1, 0.15) is 12.6 Å². The van der Waals surface area contributed by atoms with Crippen LogP contribution >= 0.6 is 46.4 Å². The van der Waals surface area contributed by atoms with Gasteiger partial charge < -0.3 is 10.2 Å². The Kier molecular flexibility index (Phi) is 12.6. The van der Waals surface area contributed by atoms with Gasteiger partial charge in [-0.05, 0) is 73.9 Å². The molecule has 0 heterocycles. The maximum Gasteiger partial charge on any atom is 0.264 e. The fourth-order valence-corrected chi connectivity index (χ4v) is 7.19. The summed E-state index contributed by atoms with van der Waals surface area (Å²) >= 11 is 25.6. The maximum absolute atomic E-state index is 14.6. The van der Waals surface area contributed by atoms with Crippen molar-refractivity contribution in [1.82, 2.24) is 10.2 Å². The molecule has 0 saturated heterocycles. The van der Waals surface area contributed by atoms with Crippen molar-refractivity contribution in [2.75, 3.05) is 10.8 Å². The maximum atomic E-state index is 14.6.